The molecule has 0 amide bonds. The van der Waals surface area contributed by atoms with Gasteiger partial charge in [0.15, 0.2) is 4.67 Å². The maximum Gasteiger partial charge on any atom is 0.169 e. The summed E-state index contributed by atoms with van der Waals surface area (Å²) < 4.78 is 6.27. The van der Waals surface area contributed by atoms with Crippen molar-refractivity contribution in [3.63, 3.8) is 0 Å². The van der Waals surface area contributed by atoms with E-state index >= 15 is 0 Å². The first-order valence-electron chi connectivity index (χ1n) is 4.63. The van der Waals surface area contributed by atoms with Gasteiger partial charge in [0.2, 0.25) is 0 Å². The van der Waals surface area contributed by atoms with Crippen LogP contribution in [0.25, 0.3) is 0 Å². The van der Waals surface area contributed by atoms with Crippen LogP contribution in [-0.4, -0.2) is 11.7 Å². The van der Waals surface area contributed by atoms with Gasteiger partial charge in [-0.15, -0.1) is 0 Å². The number of aliphatic hydroxyl groups excluding tert-OH is 1. The molecular weight excluding hydrogens is 232 g/mol. The predicted octanol–water partition coefficient (Wildman–Crippen LogP) is 2.85. The average Bonchev–Trinajstić information content (AvgIpc) is 2.73. The summed E-state index contributed by atoms with van der Waals surface area (Å²) >= 11 is 3.28. The van der Waals surface area contributed by atoms with Gasteiger partial charge in [-0.2, -0.15) is 0 Å². The van der Waals surface area contributed by atoms with Gasteiger partial charge in [0.25, 0.3) is 0 Å². The van der Waals surface area contributed by atoms with Crippen LogP contribution in [0.2, 0.25) is 0 Å². The summed E-state index contributed by atoms with van der Waals surface area (Å²) in [5, 5.41) is 9.40. The van der Waals surface area contributed by atoms with Gasteiger partial charge < -0.3 is 9.52 Å². The van der Waals surface area contributed by atoms with Crippen LogP contribution >= 0.6 is 15.9 Å². The average molecular weight is 245 g/mol. The van der Waals surface area contributed by atoms with Crippen LogP contribution in [0.15, 0.2) is 21.2 Å². The zero-order valence-corrected chi connectivity index (χ0v) is 9.01. The summed E-state index contributed by atoms with van der Waals surface area (Å²) in [6, 6.07) is 3.86. The topological polar surface area (TPSA) is 33.4 Å². The molecule has 0 atom stereocenters. The lowest BCUT2D eigenvalue weighted by Crippen LogP contribution is -2.25. The summed E-state index contributed by atoms with van der Waals surface area (Å²) in [7, 11) is 0. The Morgan fingerprint density at radius 3 is 2.54 bits per heavy atom. The zero-order chi connectivity index (χ0) is 9.31. The van der Waals surface area contributed by atoms with Crippen molar-refractivity contribution in [2.45, 2.75) is 31.1 Å². The molecule has 1 heterocycles. The molecule has 0 bridgehead atoms. The van der Waals surface area contributed by atoms with Crippen molar-refractivity contribution in [2.75, 3.05) is 6.61 Å². The second kappa shape index (κ2) is 3.46. The van der Waals surface area contributed by atoms with Crippen LogP contribution in [0.5, 0.6) is 0 Å². The van der Waals surface area contributed by atoms with E-state index in [0.717, 1.165) is 23.3 Å². The van der Waals surface area contributed by atoms with E-state index in [1.54, 1.807) is 0 Å². The first-order valence-corrected chi connectivity index (χ1v) is 5.43. The van der Waals surface area contributed by atoms with Gasteiger partial charge >= 0.3 is 0 Å². The number of furan rings is 1. The normalized spacial score (nSPS) is 20.8. The van der Waals surface area contributed by atoms with E-state index in [-0.39, 0.29) is 12.0 Å². The number of aliphatic hydroxyl groups is 1. The van der Waals surface area contributed by atoms with Gasteiger partial charge in [0.1, 0.15) is 5.76 Å². The molecule has 1 N–H and O–H groups in total. The molecule has 2 rings (SSSR count). The van der Waals surface area contributed by atoms with Gasteiger partial charge in [0.05, 0.1) is 12.0 Å². The van der Waals surface area contributed by atoms with Crippen LogP contribution in [0, 0.1) is 0 Å². The number of rotatable bonds is 2. The quantitative estimate of drug-likeness (QED) is 0.869. The lowest BCUT2D eigenvalue weighted by molar-refractivity contribution is 0.172. The third-order valence-corrected chi connectivity index (χ3v) is 3.39. The predicted molar refractivity (Wildman–Crippen MR) is 53.6 cm³/mol. The molecule has 0 aliphatic heterocycles. The highest BCUT2D eigenvalue weighted by molar-refractivity contribution is 9.10. The van der Waals surface area contributed by atoms with E-state index in [1.807, 2.05) is 12.1 Å². The van der Waals surface area contributed by atoms with E-state index in [2.05, 4.69) is 15.9 Å². The Balaban J connectivity index is 2.30. The molecular formula is C10H13BrO2. The van der Waals surface area contributed by atoms with Crippen molar-refractivity contribution in [3.05, 3.63) is 22.6 Å². The van der Waals surface area contributed by atoms with Crippen molar-refractivity contribution in [2.24, 2.45) is 0 Å². The standard InChI is InChI=1S/C10H13BrO2/c11-9-4-3-8(13-9)10(7-12)5-1-2-6-10/h3-4,12H,1-2,5-7H2. The van der Waals surface area contributed by atoms with Crippen LogP contribution in [-0.2, 0) is 5.41 Å². The Kier molecular flexibility index (Phi) is 2.47. The van der Waals surface area contributed by atoms with Crippen LogP contribution in [0.4, 0.5) is 0 Å². The van der Waals surface area contributed by atoms with Gasteiger partial charge in [-0.1, -0.05) is 12.8 Å². The van der Waals surface area contributed by atoms with E-state index in [0.29, 0.717) is 0 Å². The Bertz CT molecular complexity index is 287. The summed E-state index contributed by atoms with van der Waals surface area (Å²) in [6.07, 6.45) is 4.48. The lowest BCUT2D eigenvalue weighted by Gasteiger charge is -2.23. The van der Waals surface area contributed by atoms with E-state index in [1.165, 1.54) is 12.8 Å². The SMILES string of the molecule is OCC1(c2ccc(Br)o2)CCCC1. The molecule has 13 heavy (non-hydrogen) atoms. The molecule has 2 nitrogen and oxygen atoms in total. The maximum atomic E-state index is 9.40. The highest BCUT2D eigenvalue weighted by Gasteiger charge is 2.37. The molecule has 1 aliphatic rings. The minimum absolute atomic E-state index is 0.0912. The smallest absolute Gasteiger partial charge is 0.169 e. The lowest BCUT2D eigenvalue weighted by atomic mass is 9.85. The van der Waals surface area contributed by atoms with Crippen molar-refractivity contribution >= 4 is 15.9 Å². The maximum absolute atomic E-state index is 9.40. The molecule has 1 aromatic heterocycles. The highest BCUT2D eigenvalue weighted by Crippen LogP contribution is 2.41. The molecule has 0 unspecified atom stereocenters. The van der Waals surface area contributed by atoms with Crippen molar-refractivity contribution in [3.8, 4) is 0 Å². The monoisotopic (exact) mass is 244 g/mol. The van der Waals surface area contributed by atoms with Gasteiger partial charge in [-0.3, -0.25) is 0 Å². The van der Waals surface area contributed by atoms with Crippen LogP contribution in [0.3, 0.4) is 0 Å². The fraction of sp³-hybridized carbons (Fsp3) is 0.600. The molecule has 3 heteroatoms. The van der Waals surface area contributed by atoms with Crippen LogP contribution in [0.1, 0.15) is 31.4 Å². The summed E-state index contributed by atoms with van der Waals surface area (Å²) in [6.45, 7) is 0.201. The largest absolute Gasteiger partial charge is 0.454 e. The molecule has 0 saturated heterocycles. The molecule has 0 spiro atoms. The highest BCUT2D eigenvalue weighted by atomic mass is 79.9. The van der Waals surface area contributed by atoms with E-state index in [9.17, 15) is 5.11 Å². The summed E-state index contributed by atoms with van der Waals surface area (Å²) in [5.41, 5.74) is -0.0912. The van der Waals surface area contributed by atoms with Crippen LogP contribution < -0.4 is 0 Å². The molecule has 0 aromatic carbocycles. The number of halogens is 1. The Hall–Kier alpha value is -0.280. The second-order valence-corrected chi connectivity index (χ2v) is 4.53. The Morgan fingerprint density at radius 2 is 2.08 bits per heavy atom. The number of hydrogen-bond donors (Lipinski definition) is 1. The van der Waals surface area contributed by atoms with Gasteiger partial charge in [-0.05, 0) is 40.9 Å². The first-order chi connectivity index (χ1) is 6.27. The molecule has 1 fully saturated rings. The molecule has 72 valence electrons. The summed E-state index contributed by atoms with van der Waals surface area (Å²) in [5.74, 6) is 0.930. The third kappa shape index (κ3) is 1.55. The molecule has 1 saturated carbocycles. The van der Waals surface area contributed by atoms with E-state index in [4.69, 9.17) is 4.42 Å². The van der Waals surface area contributed by atoms with E-state index < -0.39 is 0 Å². The minimum Gasteiger partial charge on any atom is -0.454 e. The summed E-state index contributed by atoms with van der Waals surface area (Å²) in [4.78, 5) is 0. The van der Waals surface area contributed by atoms with Crippen molar-refractivity contribution < 1.29 is 9.52 Å². The third-order valence-electron chi connectivity index (χ3n) is 2.96. The zero-order valence-electron chi connectivity index (χ0n) is 7.42. The Labute approximate surface area is 86.1 Å². The van der Waals surface area contributed by atoms with Gasteiger partial charge in [-0.25, -0.2) is 0 Å². The molecule has 1 aliphatic carbocycles. The fourth-order valence-electron chi connectivity index (χ4n) is 2.13. The minimum atomic E-state index is -0.0912. The van der Waals surface area contributed by atoms with Gasteiger partial charge in [0, 0.05) is 0 Å². The second-order valence-electron chi connectivity index (χ2n) is 3.75. The Morgan fingerprint density at radius 1 is 1.38 bits per heavy atom. The first kappa shape index (κ1) is 9.28. The molecule has 1 aromatic rings. The fourth-order valence-corrected chi connectivity index (χ4v) is 2.44. The number of hydrogen-bond acceptors (Lipinski definition) is 2. The molecule has 0 radical (unpaired) electrons. The van der Waals surface area contributed by atoms with Crippen molar-refractivity contribution in [1.82, 2.24) is 0 Å². The van der Waals surface area contributed by atoms with Crippen molar-refractivity contribution in [1.29, 1.82) is 0 Å².